The molecule has 9 aromatic heterocycles. The van der Waals surface area contributed by atoms with E-state index in [1.54, 1.807) is 70.1 Å². The lowest BCUT2D eigenvalue weighted by Crippen LogP contribution is -2.38. The Kier molecular flexibility index (Phi) is 20.2. The van der Waals surface area contributed by atoms with Crippen molar-refractivity contribution in [3.8, 4) is 67.9 Å². The molecule has 3 amide bonds. The van der Waals surface area contributed by atoms with Crippen molar-refractivity contribution >= 4 is 79.9 Å². The molecular weight excluding hydrogens is 1380 g/mol. The van der Waals surface area contributed by atoms with Crippen LogP contribution >= 0.6 is 11.6 Å². The lowest BCUT2D eigenvalue weighted by molar-refractivity contribution is -0.144. The molecule has 3 aliphatic rings. The number of ether oxygens (including phenoxy) is 2. The first-order valence-corrected chi connectivity index (χ1v) is 34.6. The van der Waals surface area contributed by atoms with Crippen LogP contribution in [0, 0.1) is 20.8 Å². The Morgan fingerprint density at radius 3 is 1.00 bits per heavy atom. The maximum absolute atomic E-state index is 14.2. The summed E-state index contributed by atoms with van der Waals surface area (Å²) >= 11 is 6.49. The molecule has 0 fully saturated rings. The molecule has 0 saturated heterocycles. The third-order valence-corrected chi connectivity index (χ3v) is 18.3. The Balaban J connectivity index is 0.000000144. The molecule has 31 heteroatoms. The molecule has 548 valence electrons. The van der Waals surface area contributed by atoms with Gasteiger partial charge in [-0.25, -0.2) is 87.9 Å². The molecule has 27 nitrogen and oxygen atoms in total. The number of aryl methyl sites for hydroxylation is 6. The molecule has 3 unspecified atom stereocenters. The Morgan fingerprint density at radius 1 is 0.434 bits per heavy atom. The average Bonchev–Trinajstić information content (AvgIpc) is 1.60. The van der Waals surface area contributed by atoms with E-state index in [-0.39, 0.29) is 30.9 Å². The summed E-state index contributed by atoms with van der Waals surface area (Å²) in [5, 5.41) is 16.5. The highest BCUT2D eigenvalue weighted by molar-refractivity contribution is 6.38. The molecule has 3 aromatic carbocycles. The average molecular weight is 1460 g/mol. The van der Waals surface area contributed by atoms with Crippen LogP contribution in [-0.4, -0.2) is 148 Å². The van der Waals surface area contributed by atoms with Gasteiger partial charge in [0.15, 0.2) is 28.1 Å². The van der Waals surface area contributed by atoms with E-state index in [2.05, 4.69) is 75.8 Å². The maximum Gasteiger partial charge on any atom is 0.261 e. The van der Waals surface area contributed by atoms with Crippen molar-refractivity contribution in [3.05, 3.63) is 145 Å². The number of amides is 3. The number of halogens is 4. The summed E-state index contributed by atoms with van der Waals surface area (Å²) in [7, 11) is 0. The monoisotopic (exact) mass is 1460 g/mol. The fourth-order valence-corrected chi connectivity index (χ4v) is 12.3. The van der Waals surface area contributed by atoms with Crippen LogP contribution in [0.2, 0.25) is 0 Å². The molecule has 3 aliphatic heterocycles. The van der Waals surface area contributed by atoms with E-state index < -0.39 is 39.7 Å². The minimum atomic E-state index is -1.58. The quantitative estimate of drug-likeness (QED) is 0.0653. The van der Waals surface area contributed by atoms with Gasteiger partial charge in [0, 0.05) is 107 Å². The number of carbonyl (C=O) groups excluding carboxylic acids is 3. The van der Waals surface area contributed by atoms with Gasteiger partial charge in [-0.15, -0.1) is 11.6 Å². The molecule has 12 aromatic rings. The molecule has 4 N–H and O–H groups in total. The fraction of sp³-hybridized carbons (Fsp3) is 0.360. The van der Waals surface area contributed by atoms with Gasteiger partial charge in [0.1, 0.15) is 109 Å². The van der Waals surface area contributed by atoms with Crippen LogP contribution in [0.25, 0.3) is 101 Å². The number of aliphatic hydroxyl groups excluding tert-OH is 1. The molecule has 15 rings (SSSR count). The summed E-state index contributed by atoms with van der Waals surface area (Å²) in [4.78, 5) is 104. The van der Waals surface area contributed by atoms with Gasteiger partial charge in [-0.05, 0) is 140 Å². The predicted molar refractivity (Wildman–Crippen MR) is 395 cm³/mol. The number of carbonyl (C=O) groups is 3. The molecule has 0 aliphatic carbocycles. The maximum atomic E-state index is 14.2. The number of fused-ring (bicyclic) bond motifs is 6. The zero-order valence-corrected chi connectivity index (χ0v) is 61.9. The summed E-state index contributed by atoms with van der Waals surface area (Å²) in [6.07, 6.45) is 15.0. The van der Waals surface area contributed by atoms with Crippen LogP contribution in [0.3, 0.4) is 0 Å². The van der Waals surface area contributed by atoms with Gasteiger partial charge in [0.2, 0.25) is 5.91 Å². The Labute approximate surface area is 612 Å². The molecule has 0 bridgehead atoms. The summed E-state index contributed by atoms with van der Waals surface area (Å²) in [5.74, 6) is 3.27. The zero-order valence-electron chi connectivity index (χ0n) is 61.2. The third kappa shape index (κ3) is 14.7. The van der Waals surface area contributed by atoms with E-state index in [1.807, 2.05) is 97.7 Å². The van der Waals surface area contributed by atoms with Crippen molar-refractivity contribution in [2.45, 2.75) is 157 Å². The number of aromatic nitrogens is 18. The summed E-state index contributed by atoms with van der Waals surface area (Å²) in [6.45, 7) is 26.0. The zero-order chi connectivity index (χ0) is 76.2. The van der Waals surface area contributed by atoms with Gasteiger partial charge in [-0.3, -0.25) is 14.4 Å². The minimum Gasteiger partial charge on any atom is -0.393 e. The molecule has 0 radical (unpaired) electrons. The lowest BCUT2D eigenvalue weighted by atomic mass is 9.94. The summed E-state index contributed by atoms with van der Waals surface area (Å²) in [5.41, 5.74) is 7.30. The normalized spacial score (nSPS) is 17.4. The second-order valence-corrected chi connectivity index (χ2v) is 28.6. The van der Waals surface area contributed by atoms with Gasteiger partial charge in [-0.1, -0.05) is 18.2 Å². The van der Waals surface area contributed by atoms with Crippen LogP contribution in [-0.2, 0) is 59.6 Å². The van der Waals surface area contributed by atoms with Crippen molar-refractivity contribution in [2.75, 3.05) is 35.8 Å². The molecular formula is C75H79ClF3N21O6. The highest BCUT2D eigenvalue weighted by atomic mass is 35.5. The van der Waals surface area contributed by atoms with Crippen LogP contribution in [0.15, 0.2) is 111 Å². The van der Waals surface area contributed by atoms with Gasteiger partial charge in [0.25, 0.3) is 11.8 Å². The number of nitrogens with one attached hydrogen (secondary N) is 3. The number of benzene rings is 3. The van der Waals surface area contributed by atoms with Crippen molar-refractivity contribution < 1.29 is 42.1 Å². The first kappa shape index (κ1) is 74.6. The molecule has 0 saturated carbocycles. The second kappa shape index (κ2) is 28.8. The van der Waals surface area contributed by atoms with Crippen molar-refractivity contribution in [2.24, 2.45) is 0 Å². The van der Waals surface area contributed by atoms with E-state index >= 15 is 0 Å². The number of imidazole rings is 3. The molecule has 106 heavy (non-hydrogen) atoms. The number of nitrogens with zero attached hydrogens (tertiary/aromatic N) is 18. The van der Waals surface area contributed by atoms with E-state index in [0.29, 0.717) is 122 Å². The van der Waals surface area contributed by atoms with E-state index in [0.717, 1.165) is 50.4 Å². The molecule has 0 spiro atoms. The first-order valence-electron chi connectivity index (χ1n) is 34.2. The van der Waals surface area contributed by atoms with Crippen LogP contribution in [0.1, 0.15) is 117 Å². The van der Waals surface area contributed by atoms with Crippen LogP contribution in [0.4, 0.5) is 30.2 Å². The Morgan fingerprint density at radius 2 is 0.717 bits per heavy atom. The van der Waals surface area contributed by atoms with Gasteiger partial charge in [-0.2, -0.15) is 0 Å². The largest absolute Gasteiger partial charge is 0.393 e. The number of anilines is 3. The molecule has 12 heterocycles. The predicted octanol–water partition coefficient (Wildman–Crippen LogP) is 12.8. The van der Waals surface area contributed by atoms with Gasteiger partial charge in [0.05, 0.1) is 36.5 Å². The van der Waals surface area contributed by atoms with Gasteiger partial charge >= 0.3 is 0 Å². The SMILES string of the molecule is CC(C)(F)CO.CCn1c(-c2cnc(C)nc2)nc2c(-c3ccc4c(c3)C(C)(Cl)C(=O)N4)ncnc21.CCn1c(-c2cnc(C)nc2)nc2c(-c3ccc4c(c3)C(C)(OCC(C)(C)F)C(=O)N4)ncnc21.CCn1c(-c2cnc(C)nc2)nc2c(-c3ccc4c(c3)C(C)(OCC(C)(C)F)C(=O)N4)ncnc21. The number of aliphatic hydroxyl groups is 1. The van der Waals surface area contributed by atoms with E-state index in [1.165, 1.54) is 60.5 Å². The van der Waals surface area contributed by atoms with Crippen LogP contribution < -0.4 is 16.0 Å². The van der Waals surface area contributed by atoms with Crippen LogP contribution in [0.5, 0.6) is 0 Å². The smallest absolute Gasteiger partial charge is 0.261 e. The van der Waals surface area contributed by atoms with Crippen molar-refractivity contribution in [1.29, 1.82) is 0 Å². The highest BCUT2D eigenvalue weighted by Gasteiger charge is 2.47. The lowest BCUT2D eigenvalue weighted by Gasteiger charge is -2.26. The van der Waals surface area contributed by atoms with Crippen molar-refractivity contribution in [3.63, 3.8) is 0 Å². The highest BCUT2D eigenvalue weighted by Crippen LogP contribution is 2.46. The Hall–Kier alpha value is -11.1. The van der Waals surface area contributed by atoms with Crippen molar-refractivity contribution in [1.82, 2.24) is 88.5 Å². The molecule has 3 atom stereocenters. The summed E-state index contributed by atoms with van der Waals surface area (Å²) in [6, 6.07) is 16.7. The fourth-order valence-electron chi connectivity index (χ4n) is 12.1. The first-order chi connectivity index (χ1) is 50.2. The number of hydrogen-bond acceptors (Lipinski definition) is 21. The third-order valence-electron chi connectivity index (χ3n) is 17.9. The topological polar surface area (TPSA) is 334 Å². The van der Waals surface area contributed by atoms with Gasteiger partial charge < -0.3 is 44.2 Å². The van der Waals surface area contributed by atoms with E-state index in [4.69, 9.17) is 41.1 Å². The summed E-state index contributed by atoms with van der Waals surface area (Å²) < 4.78 is 57.9. The number of rotatable bonds is 16. The number of hydrogen-bond donors (Lipinski definition) is 4. The standard InChI is InChI=1S/2C25H26FN7O2.C21H18ClN7O.C4H9FO/c2*1-6-33-21(16-10-27-14(2)28-11-16)32-20-19(29-13-30-22(20)33)15-7-8-18-17(9-15)25(5,23(34)31-18)35-12-24(3,4)26;1-4-29-18(13-8-23-11(2)24-9-13)28-17-16(25-10-26-19(17)29)12-5-6-15-14(7-12)21(3,22)20(30)27-15;1-4(2,5)3-6/h2*7-11,13H,6,12H2,1-5H3,(H,31,34);5-10H,4H2,1-3H3,(H,27,30);6H,3H2,1-2H3. The minimum absolute atomic E-state index is 0.221. The number of alkyl halides is 4. The Bertz CT molecular complexity index is 5140. The second-order valence-electron chi connectivity index (χ2n) is 27.9. The van der Waals surface area contributed by atoms with E-state index in [9.17, 15) is 27.6 Å².